The molecule has 1 saturated carbocycles. The number of nitrogens with one attached hydrogen (secondary N) is 3. The van der Waals surface area contributed by atoms with Gasteiger partial charge in [-0.2, -0.15) is 0 Å². The molecule has 1 aliphatic carbocycles. The number of para-hydroxylation sites is 2. The molecule has 3 aromatic carbocycles. The Labute approximate surface area is 210 Å². The summed E-state index contributed by atoms with van der Waals surface area (Å²) in [7, 11) is 0. The average Bonchev–Trinajstić information content (AvgIpc) is 3.61. The van der Waals surface area contributed by atoms with Crippen molar-refractivity contribution in [3.63, 3.8) is 0 Å². The van der Waals surface area contributed by atoms with Gasteiger partial charge in [-0.15, -0.1) is 0 Å². The Morgan fingerprint density at radius 3 is 2.47 bits per heavy atom. The molecule has 0 bridgehead atoms. The van der Waals surface area contributed by atoms with E-state index in [4.69, 9.17) is 10.5 Å². The van der Waals surface area contributed by atoms with Gasteiger partial charge in [0.2, 0.25) is 0 Å². The van der Waals surface area contributed by atoms with E-state index in [2.05, 4.69) is 41.9 Å². The van der Waals surface area contributed by atoms with Gasteiger partial charge < -0.3 is 26.4 Å². The summed E-state index contributed by atoms with van der Waals surface area (Å²) in [6.45, 7) is 4.50. The topological polar surface area (TPSA) is 105 Å². The van der Waals surface area contributed by atoms with Gasteiger partial charge in [0, 0.05) is 24.5 Å². The van der Waals surface area contributed by atoms with Gasteiger partial charge in [0.05, 0.1) is 16.9 Å². The number of benzene rings is 3. The van der Waals surface area contributed by atoms with Crippen LogP contribution >= 0.6 is 0 Å². The van der Waals surface area contributed by atoms with Crippen LogP contribution in [0.2, 0.25) is 0 Å². The second-order valence-corrected chi connectivity index (χ2v) is 9.30. The van der Waals surface area contributed by atoms with Gasteiger partial charge in [0.15, 0.2) is 0 Å². The summed E-state index contributed by atoms with van der Waals surface area (Å²) in [5.41, 5.74) is 9.17. The molecule has 36 heavy (non-hydrogen) atoms. The molecule has 188 valence electrons. The van der Waals surface area contributed by atoms with E-state index in [0.29, 0.717) is 34.9 Å². The first-order valence-corrected chi connectivity index (χ1v) is 12.0. The van der Waals surface area contributed by atoms with Crippen molar-refractivity contribution in [2.45, 2.75) is 51.4 Å². The molecule has 1 fully saturated rings. The average molecular weight is 491 g/mol. The predicted octanol–water partition coefficient (Wildman–Crippen LogP) is 4.94. The van der Waals surface area contributed by atoms with E-state index in [9.17, 15) is 14.0 Å². The van der Waals surface area contributed by atoms with Gasteiger partial charge in [-0.05, 0) is 47.4 Å². The fourth-order valence-corrected chi connectivity index (χ4v) is 4.06. The Balaban J connectivity index is 1.23. The molecule has 0 radical (unpaired) electrons. The summed E-state index contributed by atoms with van der Waals surface area (Å²) in [5.74, 6) is -0.764. The molecule has 0 aromatic heterocycles. The summed E-state index contributed by atoms with van der Waals surface area (Å²) in [6, 6.07) is 20.0. The Hall–Kier alpha value is -3.91. The number of nitrogens with two attached hydrogens (primary N) is 1. The van der Waals surface area contributed by atoms with Gasteiger partial charge >= 0.3 is 6.09 Å². The van der Waals surface area contributed by atoms with Crippen molar-refractivity contribution in [1.29, 1.82) is 0 Å². The first kappa shape index (κ1) is 25.2. The van der Waals surface area contributed by atoms with Crippen molar-refractivity contribution in [2.24, 2.45) is 0 Å². The first-order chi connectivity index (χ1) is 17.3. The third-order valence-electron chi connectivity index (χ3n) is 6.04. The molecule has 5 N–H and O–H groups in total. The number of carbonyl (C=O) groups is 2. The van der Waals surface area contributed by atoms with Crippen LogP contribution in [0.1, 0.15) is 53.2 Å². The van der Waals surface area contributed by atoms with Crippen LogP contribution in [0.25, 0.3) is 0 Å². The number of anilines is 2. The molecule has 2 unspecified atom stereocenters. The molecule has 0 spiro atoms. The molecule has 0 aliphatic heterocycles. The standard InChI is InChI=1S/C28H31FN4O3/c1-17(2)32-26-14-22(26)20-10-7-18(8-11-20)16-36-28(35)31-15-19-9-12-21(23(29)13-19)27(34)33-25-6-4-3-5-24(25)30/h3-13,17,22,26,32H,14-16,30H2,1-2H3,(H,31,35)(H,33,34). The van der Waals surface area contributed by atoms with Crippen molar-refractivity contribution >= 4 is 23.4 Å². The van der Waals surface area contributed by atoms with Crippen LogP contribution in [-0.2, 0) is 17.9 Å². The monoisotopic (exact) mass is 490 g/mol. The molecule has 8 heteroatoms. The van der Waals surface area contributed by atoms with Gasteiger partial charge in [-0.25, -0.2) is 9.18 Å². The minimum atomic E-state index is -0.698. The zero-order valence-corrected chi connectivity index (χ0v) is 20.4. The largest absolute Gasteiger partial charge is 0.445 e. The number of alkyl carbamates (subject to hydrolysis) is 1. The lowest BCUT2D eigenvalue weighted by Crippen LogP contribution is -2.25. The summed E-state index contributed by atoms with van der Waals surface area (Å²) in [5, 5.41) is 8.74. The lowest BCUT2D eigenvalue weighted by atomic mass is 10.1. The fraction of sp³-hybridized carbons (Fsp3) is 0.286. The van der Waals surface area contributed by atoms with Crippen molar-refractivity contribution in [1.82, 2.24) is 10.6 Å². The van der Waals surface area contributed by atoms with Crippen LogP contribution in [0.5, 0.6) is 0 Å². The highest BCUT2D eigenvalue weighted by molar-refractivity contribution is 6.05. The first-order valence-electron chi connectivity index (χ1n) is 12.0. The van der Waals surface area contributed by atoms with Crippen molar-refractivity contribution in [3.8, 4) is 0 Å². The second-order valence-electron chi connectivity index (χ2n) is 9.30. The molecule has 2 atom stereocenters. The van der Waals surface area contributed by atoms with Crippen LogP contribution in [0.15, 0.2) is 66.7 Å². The normalized spacial score (nSPS) is 16.4. The molecule has 4 rings (SSSR count). The minimum Gasteiger partial charge on any atom is -0.445 e. The summed E-state index contributed by atoms with van der Waals surface area (Å²) in [4.78, 5) is 24.5. The summed E-state index contributed by atoms with van der Waals surface area (Å²) < 4.78 is 19.8. The lowest BCUT2D eigenvalue weighted by Gasteiger charge is -2.11. The van der Waals surface area contributed by atoms with Gasteiger partial charge in [-0.1, -0.05) is 56.3 Å². The van der Waals surface area contributed by atoms with E-state index in [0.717, 1.165) is 12.0 Å². The smallest absolute Gasteiger partial charge is 0.407 e. The number of hydrogen-bond acceptors (Lipinski definition) is 5. The molecule has 1 aliphatic rings. The summed E-state index contributed by atoms with van der Waals surface area (Å²) in [6.07, 6.45) is 0.536. The Morgan fingerprint density at radius 2 is 1.78 bits per heavy atom. The van der Waals surface area contributed by atoms with E-state index in [1.807, 2.05) is 12.1 Å². The van der Waals surface area contributed by atoms with Crippen LogP contribution in [0.3, 0.4) is 0 Å². The van der Waals surface area contributed by atoms with Crippen LogP contribution in [0.4, 0.5) is 20.6 Å². The predicted molar refractivity (Wildman–Crippen MR) is 138 cm³/mol. The number of carbonyl (C=O) groups excluding carboxylic acids is 2. The van der Waals surface area contributed by atoms with Gasteiger partial charge in [0.1, 0.15) is 12.4 Å². The number of rotatable bonds is 9. The molecule has 3 aromatic rings. The zero-order chi connectivity index (χ0) is 25.7. The molecule has 7 nitrogen and oxygen atoms in total. The third kappa shape index (κ3) is 6.60. The lowest BCUT2D eigenvalue weighted by molar-refractivity contribution is 0.102. The molecule has 0 heterocycles. The number of halogens is 1. The molecule has 0 saturated heterocycles. The van der Waals surface area contributed by atoms with E-state index >= 15 is 0 Å². The fourth-order valence-electron chi connectivity index (χ4n) is 4.06. The Kier molecular flexibility index (Phi) is 7.85. The Morgan fingerprint density at radius 1 is 1.06 bits per heavy atom. The molecular weight excluding hydrogens is 459 g/mol. The van der Waals surface area contributed by atoms with Crippen molar-refractivity contribution < 1.29 is 18.7 Å². The van der Waals surface area contributed by atoms with Crippen molar-refractivity contribution in [2.75, 3.05) is 11.1 Å². The summed E-state index contributed by atoms with van der Waals surface area (Å²) >= 11 is 0. The number of nitrogen functional groups attached to an aromatic ring is 1. The van der Waals surface area contributed by atoms with Crippen molar-refractivity contribution in [3.05, 3.63) is 94.8 Å². The Bertz CT molecular complexity index is 1230. The zero-order valence-electron chi connectivity index (χ0n) is 20.4. The molecular formula is C28H31FN4O3. The van der Waals surface area contributed by atoms with Gasteiger partial charge in [0.25, 0.3) is 5.91 Å². The highest BCUT2D eigenvalue weighted by atomic mass is 19.1. The van der Waals surface area contributed by atoms with Crippen LogP contribution in [0, 0.1) is 5.82 Å². The SMILES string of the molecule is CC(C)NC1CC1c1ccc(COC(=O)NCc2ccc(C(=O)Nc3ccccc3N)c(F)c2)cc1. The number of hydrogen-bond donors (Lipinski definition) is 4. The van der Waals surface area contributed by atoms with E-state index in [-0.39, 0.29) is 18.7 Å². The quantitative estimate of drug-likeness (QED) is 0.318. The highest BCUT2D eigenvalue weighted by Gasteiger charge is 2.38. The maximum atomic E-state index is 14.5. The number of ether oxygens (including phenoxy) is 1. The highest BCUT2D eigenvalue weighted by Crippen LogP contribution is 2.41. The maximum Gasteiger partial charge on any atom is 0.407 e. The van der Waals surface area contributed by atoms with Gasteiger partial charge in [-0.3, -0.25) is 4.79 Å². The van der Waals surface area contributed by atoms with Crippen LogP contribution in [-0.4, -0.2) is 24.1 Å². The third-order valence-corrected chi connectivity index (χ3v) is 6.04. The maximum absolute atomic E-state index is 14.5. The van der Waals surface area contributed by atoms with Crippen LogP contribution < -0.4 is 21.7 Å². The molecule has 2 amide bonds. The second kappa shape index (κ2) is 11.2. The van der Waals surface area contributed by atoms with E-state index in [1.165, 1.54) is 17.7 Å². The van der Waals surface area contributed by atoms with E-state index < -0.39 is 17.8 Å². The number of amides is 2. The van der Waals surface area contributed by atoms with E-state index in [1.54, 1.807) is 30.3 Å². The minimum absolute atomic E-state index is 0.0636.